The maximum atomic E-state index is 13.4. The van der Waals surface area contributed by atoms with Gasteiger partial charge < -0.3 is 9.15 Å². The topological polar surface area (TPSA) is 56.5 Å². The lowest BCUT2D eigenvalue weighted by atomic mass is 10.1. The number of carbonyl (C=O) groups excluding carboxylic acids is 1. The zero-order valence-corrected chi connectivity index (χ0v) is 13.9. The van der Waals surface area contributed by atoms with Gasteiger partial charge in [-0.3, -0.25) is 4.79 Å². The SMILES string of the molecule is COC(=O)c1ccc(-c2cc3c(=O)sc4cc(F)ccc4c3o2)cc1. The number of ether oxygens (including phenoxy) is 1. The number of benzene rings is 2. The normalized spacial score (nSPS) is 11.1. The number of fused-ring (bicyclic) bond motifs is 3. The lowest BCUT2D eigenvalue weighted by molar-refractivity contribution is 0.0600. The Bertz CT molecular complexity index is 1170. The Morgan fingerprint density at radius 3 is 2.56 bits per heavy atom. The minimum Gasteiger partial charge on any atom is -0.465 e. The van der Waals surface area contributed by atoms with E-state index in [2.05, 4.69) is 4.74 Å². The van der Waals surface area contributed by atoms with E-state index in [1.807, 2.05) is 0 Å². The molecule has 0 amide bonds. The lowest BCUT2D eigenvalue weighted by Gasteiger charge is -2.00. The number of esters is 1. The number of furan rings is 1. The van der Waals surface area contributed by atoms with E-state index in [0.29, 0.717) is 32.4 Å². The van der Waals surface area contributed by atoms with Gasteiger partial charge in [0.2, 0.25) is 4.74 Å². The lowest BCUT2D eigenvalue weighted by Crippen LogP contribution is -2.00. The molecule has 2 heterocycles. The average Bonchev–Trinajstić information content (AvgIpc) is 3.07. The second-order valence-electron chi connectivity index (χ2n) is 5.45. The Morgan fingerprint density at radius 2 is 1.84 bits per heavy atom. The summed E-state index contributed by atoms with van der Waals surface area (Å²) in [6, 6.07) is 12.6. The Labute approximate surface area is 145 Å². The Hall–Kier alpha value is -2.99. The summed E-state index contributed by atoms with van der Waals surface area (Å²) in [4.78, 5) is 23.8. The fraction of sp³-hybridized carbons (Fsp3) is 0.0526. The zero-order chi connectivity index (χ0) is 17.6. The van der Waals surface area contributed by atoms with Crippen molar-refractivity contribution in [1.29, 1.82) is 0 Å². The largest absolute Gasteiger partial charge is 0.465 e. The highest BCUT2D eigenvalue weighted by atomic mass is 32.1. The minimum absolute atomic E-state index is 0.186. The van der Waals surface area contributed by atoms with Crippen LogP contribution in [0.25, 0.3) is 32.4 Å². The monoisotopic (exact) mass is 354 g/mol. The fourth-order valence-electron chi connectivity index (χ4n) is 2.70. The van der Waals surface area contributed by atoms with Crippen molar-refractivity contribution in [3.63, 3.8) is 0 Å². The number of rotatable bonds is 2. The molecule has 2 aromatic heterocycles. The van der Waals surface area contributed by atoms with Crippen LogP contribution in [0.15, 0.2) is 57.7 Å². The van der Waals surface area contributed by atoms with E-state index in [4.69, 9.17) is 4.42 Å². The summed E-state index contributed by atoms with van der Waals surface area (Å²) in [7, 11) is 1.32. The first-order valence-corrected chi connectivity index (χ1v) is 8.23. The Morgan fingerprint density at radius 1 is 1.08 bits per heavy atom. The molecule has 0 aliphatic carbocycles. The van der Waals surface area contributed by atoms with Gasteiger partial charge in [-0.25, -0.2) is 9.18 Å². The van der Waals surface area contributed by atoms with Crippen LogP contribution in [0, 0.1) is 5.82 Å². The van der Waals surface area contributed by atoms with Crippen molar-refractivity contribution in [2.45, 2.75) is 0 Å². The van der Waals surface area contributed by atoms with E-state index in [0.717, 1.165) is 16.9 Å². The minimum atomic E-state index is -0.423. The van der Waals surface area contributed by atoms with Gasteiger partial charge in [0, 0.05) is 15.6 Å². The van der Waals surface area contributed by atoms with E-state index in [1.165, 1.54) is 19.2 Å². The summed E-state index contributed by atoms with van der Waals surface area (Å²) in [6.45, 7) is 0. The van der Waals surface area contributed by atoms with Crippen LogP contribution in [0.3, 0.4) is 0 Å². The van der Waals surface area contributed by atoms with Crippen LogP contribution in [0.4, 0.5) is 4.39 Å². The standard InChI is InChI=1S/C19H11FO4S/c1-23-18(21)11-4-2-10(3-5-11)15-9-14-17(24-15)13-7-6-12(20)8-16(13)25-19(14)22/h2-9H,1H3. The molecule has 4 aromatic rings. The van der Waals surface area contributed by atoms with Gasteiger partial charge in [0.15, 0.2) is 0 Å². The van der Waals surface area contributed by atoms with Gasteiger partial charge in [-0.1, -0.05) is 23.5 Å². The molecule has 0 radical (unpaired) electrons. The van der Waals surface area contributed by atoms with Crippen LogP contribution in [0.5, 0.6) is 0 Å². The molecular formula is C19H11FO4S. The Balaban J connectivity index is 1.89. The number of methoxy groups -OCH3 is 1. The number of carbonyl (C=O) groups is 1. The van der Waals surface area contributed by atoms with Crippen LogP contribution in [-0.2, 0) is 4.74 Å². The van der Waals surface area contributed by atoms with Crippen molar-refractivity contribution in [1.82, 2.24) is 0 Å². The molecule has 0 unspecified atom stereocenters. The molecule has 25 heavy (non-hydrogen) atoms. The average molecular weight is 354 g/mol. The fourth-order valence-corrected chi connectivity index (χ4v) is 3.60. The third-order valence-corrected chi connectivity index (χ3v) is 4.90. The molecule has 0 N–H and O–H groups in total. The summed E-state index contributed by atoms with van der Waals surface area (Å²) < 4.78 is 24.3. The van der Waals surface area contributed by atoms with Crippen LogP contribution in [0.1, 0.15) is 10.4 Å². The predicted molar refractivity (Wildman–Crippen MR) is 94.6 cm³/mol. The predicted octanol–water partition coefficient (Wildman–Crippen LogP) is 4.60. The second-order valence-corrected chi connectivity index (χ2v) is 6.47. The van der Waals surface area contributed by atoms with Crippen molar-refractivity contribution >= 4 is 38.4 Å². The van der Waals surface area contributed by atoms with Crippen LogP contribution < -0.4 is 4.74 Å². The number of hydrogen-bond acceptors (Lipinski definition) is 5. The molecule has 0 spiro atoms. The van der Waals surface area contributed by atoms with E-state index in [-0.39, 0.29) is 4.74 Å². The van der Waals surface area contributed by atoms with Crippen molar-refractivity contribution in [3.05, 3.63) is 69.4 Å². The summed E-state index contributed by atoms with van der Waals surface area (Å²) in [5, 5.41) is 1.15. The third-order valence-electron chi connectivity index (χ3n) is 3.93. The summed E-state index contributed by atoms with van der Waals surface area (Å²) in [6.07, 6.45) is 0. The van der Waals surface area contributed by atoms with Gasteiger partial charge in [0.1, 0.15) is 17.2 Å². The first-order chi connectivity index (χ1) is 12.1. The van der Waals surface area contributed by atoms with Gasteiger partial charge in [-0.15, -0.1) is 0 Å². The van der Waals surface area contributed by atoms with Crippen molar-refractivity contribution in [2.24, 2.45) is 0 Å². The second kappa shape index (κ2) is 5.82. The molecule has 0 fully saturated rings. The first kappa shape index (κ1) is 15.5. The quantitative estimate of drug-likeness (QED) is 0.494. The highest BCUT2D eigenvalue weighted by molar-refractivity contribution is 7.16. The highest BCUT2D eigenvalue weighted by Crippen LogP contribution is 2.32. The molecule has 4 nitrogen and oxygen atoms in total. The Kier molecular flexibility index (Phi) is 3.62. The van der Waals surface area contributed by atoms with E-state index in [1.54, 1.807) is 36.4 Å². The molecule has 2 aromatic carbocycles. The molecule has 0 saturated heterocycles. The van der Waals surface area contributed by atoms with Gasteiger partial charge in [0.25, 0.3) is 0 Å². The van der Waals surface area contributed by atoms with Gasteiger partial charge in [-0.05, 0) is 36.4 Å². The smallest absolute Gasteiger partial charge is 0.337 e. The maximum absolute atomic E-state index is 13.4. The maximum Gasteiger partial charge on any atom is 0.337 e. The number of halogens is 1. The van der Waals surface area contributed by atoms with Crippen LogP contribution >= 0.6 is 11.3 Å². The molecule has 0 saturated carbocycles. The van der Waals surface area contributed by atoms with Gasteiger partial charge in [0.05, 0.1) is 18.1 Å². The zero-order valence-electron chi connectivity index (χ0n) is 13.0. The molecule has 0 aliphatic rings. The molecule has 0 atom stereocenters. The van der Waals surface area contributed by atoms with Gasteiger partial charge in [-0.2, -0.15) is 0 Å². The first-order valence-electron chi connectivity index (χ1n) is 7.41. The summed E-state index contributed by atoms with van der Waals surface area (Å²) >= 11 is 0.986. The van der Waals surface area contributed by atoms with Crippen molar-refractivity contribution in [3.8, 4) is 11.3 Å². The molecule has 0 bridgehead atoms. The van der Waals surface area contributed by atoms with Crippen LogP contribution in [0.2, 0.25) is 0 Å². The van der Waals surface area contributed by atoms with E-state index in [9.17, 15) is 14.0 Å². The summed E-state index contributed by atoms with van der Waals surface area (Å²) in [5.74, 6) is -0.312. The van der Waals surface area contributed by atoms with E-state index < -0.39 is 11.8 Å². The van der Waals surface area contributed by atoms with Gasteiger partial charge >= 0.3 is 5.97 Å². The van der Waals surface area contributed by atoms with Crippen molar-refractivity contribution < 1.29 is 18.3 Å². The third kappa shape index (κ3) is 2.60. The highest BCUT2D eigenvalue weighted by Gasteiger charge is 2.14. The summed E-state index contributed by atoms with van der Waals surface area (Å²) in [5.41, 5.74) is 1.59. The molecule has 124 valence electrons. The molecule has 0 aliphatic heterocycles. The van der Waals surface area contributed by atoms with Crippen LogP contribution in [-0.4, -0.2) is 13.1 Å². The van der Waals surface area contributed by atoms with E-state index >= 15 is 0 Å². The molecule has 4 rings (SSSR count). The molecule has 6 heteroatoms. The van der Waals surface area contributed by atoms with Crippen molar-refractivity contribution in [2.75, 3.05) is 7.11 Å². The number of hydrogen-bond donors (Lipinski definition) is 0. The molecular weight excluding hydrogens is 343 g/mol.